The van der Waals surface area contributed by atoms with Gasteiger partial charge in [-0.2, -0.15) is 18.3 Å². The van der Waals surface area contributed by atoms with Crippen LogP contribution in [0.5, 0.6) is 0 Å². The van der Waals surface area contributed by atoms with Crippen LogP contribution in [0.2, 0.25) is 0 Å². The fourth-order valence-electron chi connectivity index (χ4n) is 3.06. The van der Waals surface area contributed by atoms with E-state index in [1.807, 2.05) is 0 Å². The largest absolute Gasteiger partial charge is 0.466 e. The minimum Gasteiger partial charge on any atom is -0.466 e. The molecule has 0 aromatic heterocycles. The van der Waals surface area contributed by atoms with Crippen molar-refractivity contribution in [2.24, 2.45) is 10.2 Å². The highest BCUT2D eigenvalue weighted by molar-refractivity contribution is 8.18. The van der Waals surface area contributed by atoms with Gasteiger partial charge in [0.1, 0.15) is 0 Å². The molecule has 0 unspecified atom stereocenters. The Bertz CT molecular complexity index is 922. The third kappa shape index (κ3) is 5.41. The number of nitrogens with zero attached hydrogens (tertiary/aromatic N) is 3. The molecule has 1 aromatic carbocycles. The first-order chi connectivity index (χ1) is 14.3. The van der Waals surface area contributed by atoms with Gasteiger partial charge in [-0.3, -0.25) is 10.1 Å². The summed E-state index contributed by atoms with van der Waals surface area (Å²) in [6, 6.07) is 4.04. The summed E-state index contributed by atoms with van der Waals surface area (Å²) >= 11 is 0.875. The number of halogens is 3. The number of esters is 1. The van der Waals surface area contributed by atoms with Gasteiger partial charge in [-0.1, -0.05) is 6.07 Å². The van der Waals surface area contributed by atoms with E-state index >= 15 is 0 Å². The van der Waals surface area contributed by atoms with Crippen LogP contribution in [-0.4, -0.2) is 43.5 Å². The van der Waals surface area contributed by atoms with E-state index in [1.54, 1.807) is 11.0 Å². The molecule has 1 aromatic rings. The fraction of sp³-hybridized carbons (Fsp3) is 0.368. The Morgan fingerprint density at radius 3 is 2.67 bits per heavy atom. The highest BCUT2D eigenvalue weighted by Crippen LogP contribution is 2.38. The van der Waals surface area contributed by atoms with Gasteiger partial charge in [0, 0.05) is 24.9 Å². The highest BCUT2D eigenvalue weighted by atomic mass is 32.2. The van der Waals surface area contributed by atoms with Crippen LogP contribution < -0.4 is 10.2 Å². The van der Waals surface area contributed by atoms with Crippen molar-refractivity contribution in [1.82, 2.24) is 5.32 Å². The lowest BCUT2D eigenvalue weighted by atomic mass is 10.0. The molecule has 30 heavy (non-hydrogen) atoms. The van der Waals surface area contributed by atoms with Crippen LogP contribution in [0, 0.1) is 0 Å². The van der Waals surface area contributed by atoms with Crippen molar-refractivity contribution in [1.29, 1.82) is 0 Å². The van der Waals surface area contributed by atoms with E-state index in [0.29, 0.717) is 13.1 Å². The predicted octanol–water partition coefficient (Wildman–Crippen LogP) is 3.31. The van der Waals surface area contributed by atoms with Gasteiger partial charge >= 0.3 is 12.1 Å². The summed E-state index contributed by atoms with van der Waals surface area (Å²) in [7, 11) is 1.18. The summed E-state index contributed by atoms with van der Waals surface area (Å²) in [4.78, 5) is 24.8. The molecular formula is C19H19F3N4O3S. The molecule has 7 nitrogen and oxygen atoms in total. The number of rotatable bonds is 4. The van der Waals surface area contributed by atoms with E-state index < -0.39 is 23.6 Å². The van der Waals surface area contributed by atoms with Gasteiger partial charge in [0.05, 0.1) is 23.8 Å². The second-order valence-corrected chi connectivity index (χ2v) is 7.59. The smallest absolute Gasteiger partial charge is 0.418 e. The number of anilines is 1. The van der Waals surface area contributed by atoms with Gasteiger partial charge < -0.3 is 9.64 Å². The van der Waals surface area contributed by atoms with Crippen molar-refractivity contribution in [3.05, 3.63) is 40.3 Å². The Morgan fingerprint density at radius 2 is 2.00 bits per heavy atom. The maximum atomic E-state index is 13.6. The molecule has 2 saturated heterocycles. The van der Waals surface area contributed by atoms with Crippen LogP contribution in [0.15, 0.2) is 39.4 Å². The first-order valence-electron chi connectivity index (χ1n) is 9.14. The standard InChI is InChI=1S/C19H19F3N4O3S/c1-29-16(27)10-15-17(28)24-18(30-15)25-23-11-12-5-6-14(13(9-12)19(20,21)22)26-7-3-2-4-8-26/h5-6,9-11H,2-4,7-8H2,1H3,(H,24,25,28)/b15-10+,23-11?. The van der Waals surface area contributed by atoms with Crippen molar-refractivity contribution < 1.29 is 27.5 Å². The third-order valence-electron chi connectivity index (χ3n) is 4.48. The quantitative estimate of drug-likeness (QED) is 0.336. The van der Waals surface area contributed by atoms with E-state index in [0.717, 1.165) is 43.2 Å². The number of alkyl halides is 3. The molecule has 2 aliphatic rings. The Kier molecular flexibility index (Phi) is 6.80. The topological polar surface area (TPSA) is 83.4 Å². The van der Waals surface area contributed by atoms with Gasteiger partial charge in [-0.15, -0.1) is 5.10 Å². The zero-order valence-corrected chi connectivity index (χ0v) is 16.8. The SMILES string of the molecule is COC(=O)/C=C1/S/C(=N\N=Cc2ccc(N3CCCCC3)c(C(F)(F)F)c2)NC1=O. The van der Waals surface area contributed by atoms with E-state index in [9.17, 15) is 22.8 Å². The molecule has 2 heterocycles. The number of ether oxygens (including phenoxy) is 1. The molecule has 3 rings (SSSR count). The first-order valence-corrected chi connectivity index (χ1v) is 9.95. The molecule has 0 atom stereocenters. The van der Waals surface area contributed by atoms with Crippen LogP contribution in [0.4, 0.5) is 18.9 Å². The second-order valence-electron chi connectivity index (χ2n) is 6.56. The van der Waals surface area contributed by atoms with Crippen LogP contribution >= 0.6 is 11.8 Å². The van der Waals surface area contributed by atoms with Crippen LogP contribution in [0.25, 0.3) is 0 Å². The lowest BCUT2D eigenvalue weighted by molar-refractivity contribution is -0.137. The van der Waals surface area contributed by atoms with E-state index in [1.165, 1.54) is 19.4 Å². The van der Waals surface area contributed by atoms with Gasteiger partial charge in [0.2, 0.25) is 0 Å². The van der Waals surface area contributed by atoms with Crippen LogP contribution in [0.3, 0.4) is 0 Å². The number of piperidine rings is 1. The molecule has 160 valence electrons. The molecule has 11 heteroatoms. The van der Waals surface area contributed by atoms with Crippen molar-refractivity contribution in [2.45, 2.75) is 25.4 Å². The predicted molar refractivity (Wildman–Crippen MR) is 108 cm³/mol. The normalized spacial score (nSPS) is 20.3. The minimum absolute atomic E-state index is 0.0843. The number of amidine groups is 1. The average molecular weight is 440 g/mol. The van der Waals surface area contributed by atoms with Gasteiger partial charge in [-0.05, 0) is 48.7 Å². The molecule has 2 fully saturated rings. The number of methoxy groups -OCH3 is 1. The number of carbonyl (C=O) groups is 2. The molecule has 0 saturated carbocycles. The van der Waals surface area contributed by atoms with E-state index in [4.69, 9.17) is 0 Å². The van der Waals surface area contributed by atoms with Gasteiger partial charge in [-0.25, -0.2) is 4.79 Å². The number of hydrogen-bond donors (Lipinski definition) is 1. The Labute approximate surface area is 175 Å². The molecule has 1 N–H and O–H groups in total. The lowest BCUT2D eigenvalue weighted by Gasteiger charge is -2.31. The molecule has 2 aliphatic heterocycles. The molecule has 0 radical (unpaired) electrons. The maximum absolute atomic E-state index is 13.6. The van der Waals surface area contributed by atoms with Crippen molar-refractivity contribution in [2.75, 3.05) is 25.1 Å². The molecule has 0 aliphatic carbocycles. The Hall–Kier alpha value is -2.82. The Balaban J connectivity index is 1.77. The zero-order valence-electron chi connectivity index (χ0n) is 16.0. The summed E-state index contributed by atoms with van der Waals surface area (Å²) in [5, 5.41) is 10.1. The third-order valence-corrected chi connectivity index (χ3v) is 5.38. The van der Waals surface area contributed by atoms with Gasteiger partial charge in [0.15, 0.2) is 5.17 Å². The lowest BCUT2D eigenvalue weighted by Crippen LogP contribution is -2.31. The molecule has 1 amide bonds. The number of carbonyl (C=O) groups excluding carboxylic acids is 2. The second kappa shape index (κ2) is 9.33. The average Bonchev–Trinajstić information content (AvgIpc) is 3.06. The monoisotopic (exact) mass is 440 g/mol. The number of hydrogen-bond acceptors (Lipinski definition) is 7. The summed E-state index contributed by atoms with van der Waals surface area (Å²) in [6.45, 7) is 1.20. The number of thioether (sulfide) groups is 1. The Morgan fingerprint density at radius 1 is 1.27 bits per heavy atom. The fourth-order valence-corrected chi connectivity index (χ4v) is 3.80. The summed E-state index contributed by atoms with van der Waals surface area (Å²) in [6.07, 6.45) is 0.457. The van der Waals surface area contributed by atoms with Gasteiger partial charge in [0.25, 0.3) is 5.91 Å². The maximum Gasteiger partial charge on any atom is 0.418 e. The summed E-state index contributed by atoms with van der Waals surface area (Å²) in [5.74, 6) is -1.23. The van der Waals surface area contributed by atoms with Crippen LogP contribution in [0.1, 0.15) is 30.4 Å². The number of benzene rings is 1. The summed E-state index contributed by atoms with van der Waals surface area (Å²) in [5.41, 5.74) is -0.318. The highest BCUT2D eigenvalue weighted by Gasteiger charge is 2.35. The molecule has 0 spiro atoms. The first kappa shape index (κ1) is 21.9. The van der Waals surface area contributed by atoms with Crippen molar-refractivity contribution in [3.63, 3.8) is 0 Å². The number of amides is 1. The molecular weight excluding hydrogens is 421 g/mol. The van der Waals surface area contributed by atoms with E-state index in [-0.39, 0.29) is 21.3 Å². The zero-order chi connectivity index (χ0) is 21.7. The van der Waals surface area contributed by atoms with Crippen molar-refractivity contribution >= 4 is 40.7 Å². The van der Waals surface area contributed by atoms with E-state index in [2.05, 4.69) is 20.3 Å². The number of nitrogens with one attached hydrogen (secondary N) is 1. The molecule has 0 bridgehead atoms. The van der Waals surface area contributed by atoms with Crippen LogP contribution in [-0.2, 0) is 20.5 Å². The summed E-state index contributed by atoms with van der Waals surface area (Å²) < 4.78 is 45.2. The minimum atomic E-state index is -4.49. The van der Waals surface area contributed by atoms with Crippen molar-refractivity contribution in [3.8, 4) is 0 Å².